The monoisotopic (exact) mass is 281 g/mol. The number of carbonyl (C=O) groups is 1. The molecule has 108 valence electrons. The van der Waals surface area contributed by atoms with Crippen molar-refractivity contribution in [3.8, 4) is 0 Å². The first-order chi connectivity index (χ1) is 8.29. The van der Waals surface area contributed by atoms with Crippen molar-refractivity contribution in [2.24, 2.45) is 0 Å². The fraction of sp³-hybridized carbons (Fsp3) is 0.909. The van der Waals surface area contributed by atoms with Crippen LogP contribution in [0.15, 0.2) is 0 Å². The minimum absolute atomic E-state index is 0.0553. The molecule has 0 spiro atoms. The molecule has 0 amide bonds. The molecule has 0 saturated heterocycles. The predicted molar refractivity (Wildman–Crippen MR) is 68.8 cm³/mol. The van der Waals surface area contributed by atoms with Crippen LogP contribution in [0.2, 0.25) is 0 Å². The smallest absolute Gasteiger partial charge is 0.305 e. The van der Waals surface area contributed by atoms with Crippen molar-refractivity contribution in [1.82, 2.24) is 4.31 Å². The van der Waals surface area contributed by atoms with E-state index in [1.807, 2.05) is 13.8 Å². The van der Waals surface area contributed by atoms with E-state index in [1.54, 1.807) is 0 Å². The molecule has 0 fully saturated rings. The Labute approximate surface area is 109 Å². The van der Waals surface area contributed by atoms with Gasteiger partial charge in [0.1, 0.15) is 0 Å². The van der Waals surface area contributed by atoms with Crippen molar-refractivity contribution in [3.05, 3.63) is 0 Å². The Morgan fingerprint density at radius 1 is 1.33 bits per heavy atom. The molecule has 0 bridgehead atoms. The molecule has 0 saturated carbocycles. The van der Waals surface area contributed by atoms with Gasteiger partial charge in [0.05, 0.1) is 25.6 Å². The summed E-state index contributed by atoms with van der Waals surface area (Å²) in [5.74, 6) is -0.448. The van der Waals surface area contributed by atoms with Gasteiger partial charge in [0.2, 0.25) is 10.0 Å². The lowest BCUT2D eigenvalue weighted by atomic mass is 10.3. The molecule has 0 aromatic carbocycles. The zero-order chi connectivity index (χ0) is 14.2. The highest BCUT2D eigenvalue weighted by Gasteiger charge is 2.17. The minimum atomic E-state index is -3.32. The molecule has 0 aromatic rings. The number of likely N-dealkylation sites (N-methyl/N-ethyl adjacent to an activating group) is 1. The maximum absolute atomic E-state index is 11.8. The first-order valence-electron chi connectivity index (χ1n) is 5.92. The van der Waals surface area contributed by atoms with E-state index >= 15 is 0 Å². The zero-order valence-electron chi connectivity index (χ0n) is 11.5. The van der Waals surface area contributed by atoms with Crippen LogP contribution in [0.25, 0.3) is 0 Å². The Bertz CT molecular complexity index is 339. The highest BCUT2D eigenvalue weighted by Crippen LogP contribution is 2.03. The quantitative estimate of drug-likeness (QED) is 0.579. The Morgan fingerprint density at radius 3 is 2.44 bits per heavy atom. The van der Waals surface area contributed by atoms with Gasteiger partial charge in [-0.15, -0.1) is 0 Å². The summed E-state index contributed by atoms with van der Waals surface area (Å²) >= 11 is 0. The van der Waals surface area contributed by atoms with Crippen LogP contribution in [-0.4, -0.2) is 57.9 Å². The molecule has 0 unspecified atom stereocenters. The van der Waals surface area contributed by atoms with Crippen molar-refractivity contribution in [2.45, 2.75) is 32.8 Å². The number of nitrogens with zero attached hydrogens (tertiary/aromatic N) is 1. The Balaban J connectivity index is 4.00. The van der Waals surface area contributed by atoms with Gasteiger partial charge in [-0.3, -0.25) is 4.79 Å². The lowest BCUT2D eigenvalue weighted by Crippen LogP contribution is -2.32. The minimum Gasteiger partial charge on any atom is -0.469 e. The Kier molecular flexibility index (Phi) is 8.13. The molecule has 0 heterocycles. The molecule has 0 aliphatic carbocycles. The molecule has 0 aliphatic rings. The summed E-state index contributed by atoms with van der Waals surface area (Å²) in [6.45, 7) is 4.47. The van der Waals surface area contributed by atoms with Crippen LogP contribution >= 0.6 is 0 Å². The fourth-order valence-corrected chi connectivity index (χ4v) is 2.39. The summed E-state index contributed by atoms with van der Waals surface area (Å²) in [6.07, 6.45) is 0.469. The fourth-order valence-electron chi connectivity index (χ4n) is 1.21. The number of ether oxygens (including phenoxy) is 2. The standard InChI is InChI=1S/C11H23NO5S/c1-10(2)17-8-7-12(3)18(14,15)9-5-6-11(13)16-4/h10H,5-9H2,1-4H3. The number of sulfonamides is 1. The van der Waals surface area contributed by atoms with Crippen LogP contribution in [0.5, 0.6) is 0 Å². The number of methoxy groups -OCH3 is 1. The molecular weight excluding hydrogens is 258 g/mol. The lowest BCUT2D eigenvalue weighted by molar-refractivity contribution is -0.140. The maximum Gasteiger partial charge on any atom is 0.305 e. The van der Waals surface area contributed by atoms with Gasteiger partial charge in [-0.05, 0) is 20.3 Å². The van der Waals surface area contributed by atoms with Gasteiger partial charge in [0, 0.05) is 20.0 Å². The molecule has 0 aromatic heterocycles. The second-order valence-corrected chi connectivity index (χ2v) is 6.43. The molecule has 0 N–H and O–H groups in total. The van der Waals surface area contributed by atoms with E-state index in [4.69, 9.17) is 4.74 Å². The van der Waals surface area contributed by atoms with Crippen molar-refractivity contribution >= 4 is 16.0 Å². The van der Waals surface area contributed by atoms with E-state index in [0.29, 0.717) is 13.2 Å². The third kappa shape index (κ3) is 7.62. The second kappa shape index (κ2) is 8.44. The van der Waals surface area contributed by atoms with Gasteiger partial charge in [-0.2, -0.15) is 0 Å². The van der Waals surface area contributed by atoms with Crippen molar-refractivity contribution in [3.63, 3.8) is 0 Å². The van der Waals surface area contributed by atoms with Gasteiger partial charge in [-0.1, -0.05) is 0 Å². The van der Waals surface area contributed by atoms with Crippen LogP contribution < -0.4 is 0 Å². The van der Waals surface area contributed by atoms with Crippen LogP contribution in [0.4, 0.5) is 0 Å². The average molecular weight is 281 g/mol. The molecule has 7 heteroatoms. The Hall–Kier alpha value is -0.660. The SMILES string of the molecule is COC(=O)CCCS(=O)(=O)N(C)CCOC(C)C. The van der Waals surface area contributed by atoms with Gasteiger partial charge in [0.15, 0.2) is 0 Å². The molecular formula is C11H23NO5S. The van der Waals surface area contributed by atoms with Crippen LogP contribution in [0, 0.1) is 0 Å². The van der Waals surface area contributed by atoms with Crippen LogP contribution in [0.3, 0.4) is 0 Å². The van der Waals surface area contributed by atoms with E-state index in [2.05, 4.69) is 4.74 Å². The third-order valence-corrected chi connectivity index (χ3v) is 4.28. The molecule has 0 aliphatic heterocycles. The van der Waals surface area contributed by atoms with E-state index in [-0.39, 0.29) is 24.7 Å². The summed E-state index contributed by atoms with van der Waals surface area (Å²) in [6, 6.07) is 0. The number of rotatable bonds is 9. The van der Waals surface area contributed by atoms with Gasteiger partial charge in [-0.25, -0.2) is 12.7 Å². The molecule has 0 atom stereocenters. The van der Waals surface area contributed by atoms with Gasteiger partial charge < -0.3 is 9.47 Å². The predicted octanol–water partition coefficient (Wildman–Crippen LogP) is 0.626. The molecule has 0 rings (SSSR count). The topological polar surface area (TPSA) is 72.9 Å². The highest BCUT2D eigenvalue weighted by atomic mass is 32.2. The van der Waals surface area contributed by atoms with Crippen molar-refractivity contribution < 1.29 is 22.7 Å². The first kappa shape index (κ1) is 17.3. The van der Waals surface area contributed by atoms with Crippen molar-refractivity contribution in [2.75, 3.05) is 33.1 Å². The molecule has 0 radical (unpaired) electrons. The number of hydrogen-bond acceptors (Lipinski definition) is 5. The van der Waals surface area contributed by atoms with Crippen LogP contribution in [0.1, 0.15) is 26.7 Å². The second-order valence-electron chi connectivity index (χ2n) is 4.24. The first-order valence-corrected chi connectivity index (χ1v) is 7.53. The number of carbonyl (C=O) groups excluding carboxylic acids is 1. The summed E-state index contributed by atoms with van der Waals surface area (Å²) < 4.78 is 34.6. The largest absolute Gasteiger partial charge is 0.469 e. The molecule has 6 nitrogen and oxygen atoms in total. The number of hydrogen-bond donors (Lipinski definition) is 0. The normalized spacial score (nSPS) is 12.1. The third-order valence-electron chi connectivity index (χ3n) is 2.34. The maximum atomic E-state index is 11.8. The molecule has 18 heavy (non-hydrogen) atoms. The lowest BCUT2D eigenvalue weighted by Gasteiger charge is -2.17. The zero-order valence-corrected chi connectivity index (χ0v) is 12.3. The van der Waals surface area contributed by atoms with E-state index in [0.717, 1.165) is 0 Å². The van der Waals surface area contributed by atoms with Gasteiger partial charge >= 0.3 is 5.97 Å². The van der Waals surface area contributed by atoms with Gasteiger partial charge in [0.25, 0.3) is 0 Å². The summed E-state index contributed by atoms with van der Waals surface area (Å²) in [4.78, 5) is 10.9. The number of esters is 1. The Morgan fingerprint density at radius 2 is 1.94 bits per heavy atom. The van der Waals surface area contributed by atoms with E-state index in [1.165, 1.54) is 18.5 Å². The van der Waals surface area contributed by atoms with E-state index < -0.39 is 16.0 Å². The summed E-state index contributed by atoms with van der Waals surface area (Å²) in [5.41, 5.74) is 0. The van der Waals surface area contributed by atoms with Crippen LogP contribution in [-0.2, 0) is 24.3 Å². The summed E-state index contributed by atoms with van der Waals surface area (Å²) in [7, 11) is -0.522. The van der Waals surface area contributed by atoms with Crippen molar-refractivity contribution in [1.29, 1.82) is 0 Å². The highest BCUT2D eigenvalue weighted by molar-refractivity contribution is 7.89. The summed E-state index contributed by atoms with van der Waals surface area (Å²) in [5, 5.41) is 0. The van der Waals surface area contributed by atoms with E-state index in [9.17, 15) is 13.2 Å². The average Bonchev–Trinajstić information content (AvgIpc) is 2.27.